The van der Waals surface area contributed by atoms with Crippen molar-refractivity contribution in [2.45, 2.75) is 56.6 Å². The molecule has 1 unspecified atom stereocenters. The van der Waals surface area contributed by atoms with Crippen LogP contribution in [0.3, 0.4) is 0 Å². The van der Waals surface area contributed by atoms with Gasteiger partial charge in [-0.25, -0.2) is 4.68 Å². The molecule has 25 heavy (non-hydrogen) atoms. The zero-order valence-corrected chi connectivity index (χ0v) is 16.1. The van der Waals surface area contributed by atoms with E-state index >= 15 is 0 Å². The lowest BCUT2D eigenvalue weighted by Crippen LogP contribution is -2.46. The van der Waals surface area contributed by atoms with Crippen molar-refractivity contribution in [2.75, 3.05) is 7.11 Å². The summed E-state index contributed by atoms with van der Waals surface area (Å²) in [5.41, 5.74) is 0.833. The fourth-order valence-electron chi connectivity index (χ4n) is 2.02. The molecule has 136 valence electrons. The maximum absolute atomic E-state index is 12.4. The van der Waals surface area contributed by atoms with Gasteiger partial charge in [0.2, 0.25) is 11.1 Å². The van der Waals surface area contributed by atoms with Gasteiger partial charge in [-0.15, -0.1) is 5.10 Å². The molecule has 1 N–H and O–H groups in total. The Bertz CT molecular complexity index is 699. The summed E-state index contributed by atoms with van der Waals surface area (Å²) in [5.74, 6) is 0.787. The molecular formula is C17H25N5O2S. The number of thioether (sulfide) groups is 1. The number of amides is 1. The number of rotatable bonds is 8. The van der Waals surface area contributed by atoms with E-state index in [0.29, 0.717) is 11.7 Å². The number of aromatic nitrogens is 4. The number of nitrogens with zero attached hydrogens (tertiary/aromatic N) is 4. The third-order valence-corrected chi connectivity index (χ3v) is 5.06. The third-order valence-electron chi connectivity index (χ3n) is 3.99. The van der Waals surface area contributed by atoms with E-state index in [4.69, 9.17) is 4.74 Å². The summed E-state index contributed by atoms with van der Waals surface area (Å²) < 4.78 is 6.86. The molecule has 0 aliphatic carbocycles. The molecular weight excluding hydrogens is 338 g/mol. The minimum absolute atomic E-state index is 0.0177. The first kappa shape index (κ1) is 19.2. The van der Waals surface area contributed by atoms with Crippen molar-refractivity contribution < 1.29 is 9.53 Å². The zero-order chi connectivity index (χ0) is 18.4. The number of benzene rings is 1. The van der Waals surface area contributed by atoms with Crippen LogP contribution >= 0.6 is 11.8 Å². The molecule has 1 aromatic heterocycles. The van der Waals surface area contributed by atoms with Gasteiger partial charge in [0.25, 0.3) is 0 Å². The Morgan fingerprint density at radius 1 is 1.36 bits per heavy atom. The van der Waals surface area contributed by atoms with Crippen molar-refractivity contribution in [3.05, 3.63) is 29.8 Å². The standard InChI is InChI=1S/C17H25N5O2S/c1-6-17(3,4)18-15(23)12(2)25-16-19-20-21-22(16)11-13-7-9-14(24-5)10-8-13/h7-10,12H,6,11H2,1-5H3,(H,18,23). The Labute approximate surface area is 152 Å². The fraction of sp³-hybridized carbons (Fsp3) is 0.529. The van der Waals surface area contributed by atoms with E-state index in [1.807, 2.05) is 52.0 Å². The van der Waals surface area contributed by atoms with Crippen molar-refractivity contribution in [1.82, 2.24) is 25.5 Å². The van der Waals surface area contributed by atoms with E-state index in [9.17, 15) is 4.79 Å². The molecule has 0 fully saturated rings. The minimum Gasteiger partial charge on any atom is -0.497 e. The van der Waals surface area contributed by atoms with Crippen LogP contribution in [0.1, 0.15) is 39.7 Å². The minimum atomic E-state index is -0.286. The van der Waals surface area contributed by atoms with Crippen molar-refractivity contribution in [2.24, 2.45) is 0 Å². The predicted molar refractivity (Wildman–Crippen MR) is 97.7 cm³/mol. The highest BCUT2D eigenvalue weighted by Gasteiger charge is 2.24. The van der Waals surface area contributed by atoms with Crippen LogP contribution < -0.4 is 10.1 Å². The van der Waals surface area contributed by atoms with E-state index in [0.717, 1.165) is 17.7 Å². The second-order valence-electron chi connectivity index (χ2n) is 6.45. The molecule has 8 heteroatoms. The van der Waals surface area contributed by atoms with Crippen LogP contribution in [-0.2, 0) is 11.3 Å². The molecule has 1 atom stereocenters. The summed E-state index contributed by atoms with van der Waals surface area (Å²) in [5, 5.41) is 15.2. The van der Waals surface area contributed by atoms with Crippen LogP contribution in [0.15, 0.2) is 29.4 Å². The molecule has 0 spiro atoms. The molecule has 1 amide bonds. The average Bonchev–Trinajstić information content (AvgIpc) is 3.02. The number of methoxy groups -OCH3 is 1. The molecule has 1 aromatic carbocycles. The second-order valence-corrected chi connectivity index (χ2v) is 7.76. The van der Waals surface area contributed by atoms with Gasteiger partial charge in [0.1, 0.15) is 5.75 Å². The van der Waals surface area contributed by atoms with Crippen LogP contribution in [-0.4, -0.2) is 44.0 Å². The normalized spacial score (nSPS) is 12.7. The highest BCUT2D eigenvalue weighted by atomic mass is 32.2. The molecule has 0 bridgehead atoms. The van der Waals surface area contributed by atoms with E-state index in [-0.39, 0.29) is 16.7 Å². The van der Waals surface area contributed by atoms with Crippen molar-refractivity contribution in [3.8, 4) is 5.75 Å². The topological polar surface area (TPSA) is 81.9 Å². The van der Waals surface area contributed by atoms with Gasteiger partial charge in [0.05, 0.1) is 18.9 Å². The Morgan fingerprint density at radius 3 is 2.64 bits per heavy atom. The zero-order valence-electron chi connectivity index (χ0n) is 15.3. The maximum atomic E-state index is 12.4. The lowest BCUT2D eigenvalue weighted by Gasteiger charge is -2.26. The number of carbonyl (C=O) groups is 1. The first-order valence-corrected chi connectivity index (χ1v) is 9.10. The molecule has 2 aromatic rings. The van der Waals surface area contributed by atoms with Crippen LogP contribution in [0.2, 0.25) is 0 Å². The van der Waals surface area contributed by atoms with Gasteiger partial charge in [0, 0.05) is 5.54 Å². The van der Waals surface area contributed by atoms with Gasteiger partial charge in [-0.05, 0) is 55.3 Å². The van der Waals surface area contributed by atoms with Gasteiger partial charge < -0.3 is 10.1 Å². The van der Waals surface area contributed by atoms with E-state index < -0.39 is 0 Å². The van der Waals surface area contributed by atoms with E-state index in [1.165, 1.54) is 11.8 Å². The smallest absolute Gasteiger partial charge is 0.233 e. The molecule has 2 rings (SSSR count). The van der Waals surface area contributed by atoms with Crippen molar-refractivity contribution >= 4 is 17.7 Å². The Kier molecular flexibility index (Phi) is 6.41. The van der Waals surface area contributed by atoms with E-state index in [2.05, 4.69) is 20.8 Å². The number of tetrazole rings is 1. The summed E-state index contributed by atoms with van der Waals surface area (Å²) in [6.07, 6.45) is 0.866. The summed E-state index contributed by atoms with van der Waals surface area (Å²) in [6.45, 7) is 8.46. The van der Waals surface area contributed by atoms with Crippen molar-refractivity contribution in [3.63, 3.8) is 0 Å². The molecule has 0 saturated heterocycles. The SMILES string of the molecule is CCC(C)(C)NC(=O)C(C)Sc1nnnn1Cc1ccc(OC)cc1. The van der Waals surface area contributed by atoms with Gasteiger partial charge in [-0.1, -0.05) is 30.8 Å². The quantitative estimate of drug-likeness (QED) is 0.726. The first-order valence-electron chi connectivity index (χ1n) is 8.22. The van der Waals surface area contributed by atoms with Gasteiger partial charge in [0.15, 0.2) is 0 Å². The summed E-state index contributed by atoms with van der Waals surface area (Å²) in [6, 6.07) is 7.73. The predicted octanol–water partition coefficient (Wildman–Crippen LogP) is 2.52. The highest BCUT2D eigenvalue weighted by Crippen LogP contribution is 2.22. The van der Waals surface area contributed by atoms with Gasteiger partial charge >= 0.3 is 0 Å². The highest BCUT2D eigenvalue weighted by molar-refractivity contribution is 8.00. The van der Waals surface area contributed by atoms with Crippen LogP contribution in [0, 0.1) is 0 Å². The Balaban J connectivity index is 2.01. The maximum Gasteiger partial charge on any atom is 0.233 e. The number of ether oxygens (including phenoxy) is 1. The number of carbonyl (C=O) groups excluding carboxylic acids is 1. The fourth-order valence-corrected chi connectivity index (χ4v) is 2.81. The Morgan fingerprint density at radius 2 is 2.04 bits per heavy atom. The second kappa shape index (κ2) is 8.33. The molecule has 0 aliphatic heterocycles. The van der Waals surface area contributed by atoms with Crippen LogP contribution in [0.4, 0.5) is 0 Å². The number of nitrogens with one attached hydrogen (secondary N) is 1. The molecule has 1 heterocycles. The number of hydrogen-bond donors (Lipinski definition) is 1. The average molecular weight is 363 g/mol. The van der Waals surface area contributed by atoms with Crippen LogP contribution in [0.25, 0.3) is 0 Å². The van der Waals surface area contributed by atoms with Crippen molar-refractivity contribution in [1.29, 1.82) is 0 Å². The summed E-state index contributed by atoms with van der Waals surface area (Å²) in [7, 11) is 1.64. The molecule has 7 nitrogen and oxygen atoms in total. The summed E-state index contributed by atoms with van der Waals surface area (Å²) in [4.78, 5) is 12.4. The lowest BCUT2D eigenvalue weighted by atomic mass is 10.0. The number of hydrogen-bond acceptors (Lipinski definition) is 6. The first-order chi connectivity index (χ1) is 11.8. The van der Waals surface area contributed by atoms with Crippen LogP contribution in [0.5, 0.6) is 5.75 Å². The van der Waals surface area contributed by atoms with E-state index in [1.54, 1.807) is 11.8 Å². The molecule has 0 aliphatic rings. The lowest BCUT2D eigenvalue weighted by molar-refractivity contribution is -0.121. The summed E-state index contributed by atoms with van der Waals surface area (Å²) >= 11 is 1.35. The van der Waals surface area contributed by atoms with Gasteiger partial charge in [-0.2, -0.15) is 0 Å². The molecule has 0 radical (unpaired) electrons. The molecule has 0 saturated carbocycles. The monoisotopic (exact) mass is 363 g/mol. The largest absolute Gasteiger partial charge is 0.497 e. The van der Waals surface area contributed by atoms with Gasteiger partial charge in [-0.3, -0.25) is 4.79 Å². The Hall–Kier alpha value is -2.09. The third kappa shape index (κ3) is 5.45.